The first-order valence-corrected chi connectivity index (χ1v) is 20.4. The second-order valence-electron chi connectivity index (χ2n) is 10.1. The molecule has 0 saturated heterocycles. The van der Waals surface area contributed by atoms with Crippen molar-refractivity contribution in [1.29, 1.82) is 0 Å². The first-order valence-electron chi connectivity index (χ1n) is 15.4. The molecule has 0 atom stereocenters. The summed E-state index contributed by atoms with van der Waals surface area (Å²) in [6, 6.07) is 51.9. The molecule has 6 aromatic rings. The zero-order valence-electron chi connectivity index (χ0n) is 26.1. The first-order chi connectivity index (χ1) is 23.2. The monoisotopic (exact) mass is 754 g/mol. The molecule has 0 heterocycles. The average Bonchev–Trinajstić information content (AvgIpc) is 3.10. The summed E-state index contributed by atoms with van der Waals surface area (Å²) in [5.41, 5.74) is 0. The molecule has 0 spiro atoms. The zero-order valence-corrected chi connectivity index (χ0v) is 31.1. The van der Waals surface area contributed by atoms with E-state index in [1.165, 1.54) is 48.1 Å². The topological polar surface area (TPSA) is 18.5 Å². The van der Waals surface area contributed by atoms with E-state index in [4.69, 9.17) is 9.47 Å². The number of hydrogen-bond donors (Lipinski definition) is 0. The van der Waals surface area contributed by atoms with Gasteiger partial charge in [-0.15, -0.1) is 0 Å². The van der Waals surface area contributed by atoms with Gasteiger partial charge < -0.3 is 0 Å². The third-order valence-corrected chi connectivity index (χ3v) is 14.5. The van der Waals surface area contributed by atoms with Gasteiger partial charge in [-0.25, -0.2) is 0 Å². The third kappa shape index (κ3) is 9.47. The molecule has 6 aromatic carbocycles. The van der Waals surface area contributed by atoms with Crippen LogP contribution in [-0.4, -0.2) is 28.2 Å². The van der Waals surface area contributed by atoms with Gasteiger partial charge in [-0.3, -0.25) is 0 Å². The number of ether oxygens (including phenoxy) is 2. The summed E-state index contributed by atoms with van der Waals surface area (Å²) in [5, 5.41) is 0. The Labute approximate surface area is 301 Å². The van der Waals surface area contributed by atoms with Crippen LogP contribution in [0.5, 0.6) is 11.5 Å². The first kappa shape index (κ1) is 33.7. The summed E-state index contributed by atoms with van der Waals surface area (Å²) in [6.45, 7) is 5.37. The van der Waals surface area contributed by atoms with Gasteiger partial charge in [-0.05, 0) is 13.8 Å². The van der Waals surface area contributed by atoms with Crippen LogP contribution in [0.4, 0.5) is 0 Å². The van der Waals surface area contributed by atoms with E-state index in [2.05, 4.69) is 121 Å². The molecule has 0 N–H and O–H groups in total. The fourth-order valence-electron chi connectivity index (χ4n) is 4.63. The van der Waals surface area contributed by atoms with Crippen molar-refractivity contribution in [2.24, 2.45) is 0 Å². The fraction of sp³-hybridized carbons (Fsp3) is 0.100. The van der Waals surface area contributed by atoms with Crippen LogP contribution in [0.2, 0.25) is 0 Å². The molecule has 0 fully saturated rings. The van der Waals surface area contributed by atoms with E-state index in [0.717, 1.165) is 11.5 Å². The minimum atomic E-state index is 0.127. The van der Waals surface area contributed by atoms with Crippen LogP contribution in [0.25, 0.3) is 0 Å². The average molecular weight is 754 g/mol. The molecule has 0 bridgehead atoms. The second kappa shape index (κ2) is 17.3. The molecule has 0 aliphatic carbocycles. The van der Waals surface area contributed by atoms with Gasteiger partial charge in [0.15, 0.2) is 0 Å². The summed E-state index contributed by atoms with van der Waals surface area (Å²) in [6.07, 6.45) is 0. The van der Waals surface area contributed by atoms with Crippen molar-refractivity contribution in [1.82, 2.24) is 0 Å². The predicted octanol–water partition coefficient (Wildman–Crippen LogP) is 10.7. The van der Waals surface area contributed by atoms with E-state index in [1.807, 2.05) is 61.6 Å². The minimum absolute atomic E-state index is 0.127. The van der Waals surface area contributed by atoms with Crippen molar-refractivity contribution >= 4 is 70.9 Å². The second-order valence-corrected chi connectivity index (χ2v) is 16.8. The molecule has 2 nitrogen and oxygen atoms in total. The van der Waals surface area contributed by atoms with Crippen LogP contribution in [0.15, 0.2) is 185 Å². The van der Waals surface area contributed by atoms with E-state index >= 15 is 0 Å². The van der Waals surface area contributed by atoms with E-state index in [0.29, 0.717) is 13.2 Å². The Morgan fingerprint density at radius 2 is 0.702 bits per heavy atom. The predicted molar refractivity (Wildman–Crippen MR) is 203 cm³/mol. The Hall–Kier alpha value is -3.16. The molecular weight excluding hydrogens is 720 g/mol. The number of rotatable bonds is 14. The SMILES string of the molecule is CCOc1ccc(Sc2ccccc2Sc2ccccc2[Se]c2ccccc2Sc2ccccc2Sc2ccc(OCC)cc2)cc1. The van der Waals surface area contributed by atoms with Crippen molar-refractivity contribution in [2.75, 3.05) is 13.2 Å². The summed E-state index contributed by atoms with van der Waals surface area (Å²) >= 11 is 7.44. The van der Waals surface area contributed by atoms with Crippen molar-refractivity contribution in [3.05, 3.63) is 146 Å². The molecule has 0 aromatic heterocycles. The van der Waals surface area contributed by atoms with Gasteiger partial charge in [0.1, 0.15) is 0 Å². The van der Waals surface area contributed by atoms with Crippen molar-refractivity contribution in [3.63, 3.8) is 0 Å². The molecule has 0 saturated carbocycles. The van der Waals surface area contributed by atoms with Gasteiger partial charge in [-0.1, -0.05) is 0 Å². The molecule has 0 amide bonds. The van der Waals surface area contributed by atoms with Gasteiger partial charge in [-0.2, -0.15) is 0 Å². The normalized spacial score (nSPS) is 10.9. The van der Waals surface area contributed by atoms with Gasteiger partial charge in [0, 0.05) is 0 Å². The standard InChI is InChI=1S/C40H34O2S4Se/c1-3-41-29-21-25-31(26-22-29)43-33-13-5-7-15-35(33)45-37-17-9-11-19-39(37)47-40-20-12-10-18-38(40)46-36-16-8-6-14-34(36)44-32-27-23-30(24-28-32)42-4-2/h5-28H,3-4H2,1-2H3. The molecule has 236 valence electrons. The summed E-state index contributed by atoms with van der Waals surface area (Å²) in [5.74, 6) is 1.81. The quantitative estimate of drug-likeness (QED) is 0.102. The Balaban J connectivity index is 1.20. The van der Waals surface area contributed by atoms with Crippen molar-refractivity contribution < 1.29 is 9.47 Å². The molecule has 0 aliphatic rings. The van der Waals surface area contributed by atoms with E-state index in [1.54, 1.807) is 23.5 Å². The summed E-state index contributed by atoms with van der Waals surface area (Å²) in [4.78, 5) is 10.0. The van der Waals surface area contributed by atoms with Crippen LogP contribution < -0.4 is 18.4 Å². The Kier molecular flexibility index (Phi) is 12.4. The van der Waals surface area contributed by atoms with E-state index in [9.17, 15) is 0 Å². The van der Waals surface area contributed by atoms with Crippen molar-refractivity contribution in [2.45, 2.75) is 53.0 Å². The molecular formula is C40H34O2S4Se. The summed E-state index contributed by atoms with van der Waals surface area (Å²) < 4.78 is 14.0. The van der Waals surface area contributed by atoms with Crippen LogP contribution in [0.1, 0.15) is 13.8 Å². The van der Waals surface area contributed by atoms with Crippen LogP contribution in [-0.2, 0) is 0 Å². The maximum absolute atomic E-state index is 5.64. The van der Waals surface area contributed by atoms with Gasteiger partial charge >= 0.3 is 290 Å². The van der Waals surface area contributed by atoms with Crippen LogP contribution >= 0.6 is 47.0 Å². The van der Waals surface area contributed by atoms with Crippen molar-refractivity contribution in [3.8, 4) is 11.5 Å². The Morgan fingerprint density at radius 1 is 0.383 bits per heavy atom. The Bertz CT molecular complexity index is 1760. The molecule has 0 radical (unpaired) electrons. The third-order valence-electron chi connectivity index (χ3n) is 6.78. The molecule has 6 rings (SSSR count). The zero-order chi connectivity index (χ0) is 32.3. The molecule has 7 heteroatoms. The van der Waals surface area contributed by atoms with Gasteiger partial charge in [0.05, 0.1) is 0 Å². The van der Waals surface area contributed by atoms with E-state index in [-0.39, 0.29) is 15.0 Å². The molecule has 0 unspecified atom stereocenters. The van der Waals surface area contributed by atoms with Gasteiger partial charge in [0.25, 0.3) is 0 Å². The summed E-state index contributed by atoms with van der Waals surface area (Å²) in [7, 11) is 0. The van der Waals surface area contributed by atoms with Gasteiger partial charge in [0.2, 0.25) is 0 Å². The van der Waals surface area contributed by atoms with E-state index < -0.39 is 0 Å². The maximum atomic E-state index is 5.64. The molecule has 47 heavy (non-hydrogen) atoms. The molecule has 0 aliphatic heterocycles. The Morgan fingerprint density at radius 3 is 1.06 bits per heavy atom. The number of benzene rings is 6. The number of hydrogen-bond acceptors (Lipinski definition) is 6. The fourth-order valence-corrected chi connectivity index (χ4v) is 11.3. The van der Waals surface area contributed by atoms with Crippen LogP contribution in [0, 0.1) is 0 Å². The van der Waals surface area contributed by atoms with Crippen LogP contribution in [0.3, 0.4) is 0 Å².